The summed E-state index contributed by atoms with van der Waals surface area (Å²) in [5.74, 6) is 1.27. The third kappa shape index (κ3) is 3.88. The topological polar surface area (TPSA) is 86.3 Å². The zero-order valence-electron chi connectivity index (χ0n) is 15.7. The van der Waals surface area contributed by atoms with Crippen LogP contribution in [0.5, 0.6) is 5.75 Å². The van der Waals surface area contributed by atoms with Crippen molar-refractivity contribution in [2.75, 3.05) is 19.6 Å². The Labute approximate surface area is 154 Å². The number of amides is 1. The van der Waals surface area contributed by atoms with Crippen molar-refractivity contribution < 1.29 is 9.53 Å². The van der Waals surface area contributed by atoms with Crippen LogP contribution in [0.15, 0.2) is 24.3 Å². The van der Waals surface area contributed by atoms with Crippen LogP contribution in [0.1, 0.15) is 42.9 Å². The molecule has 0 bridgehead atoms. The van der Waals surface area contributed by atoms with Crippen molar-refractivity contribution in [3.8, 4) is 11.4 Å². The summed E-state index contributed by atoms with van der Waals surface area (Å²) in [6.45, 7) is 8.00. The first-order chi connectivity index (χ1) is 12.5. The molecule has 1 aromatic carbocycles. The van der Waals surface area contributed by atoms with E-state index >= 15 is 0 Å². The molecule has 1 saturated heterocycles. The van der Waals surface area contributed by atoms with Gasteiger partial charge in [0.2, 0.25) is 0 Å². The number of hydrogen-bond acceptors (Lipinski definition) is 5. The molecular formula is C19H27N5O2. The Hall–Kier alpha value is -2.41. The van der Waals surface area contributed by atoms with Crippen LogP contribution in [-0.2, 0) is 0 Å². The molecular weight excluding hydrogens is 330 g/mol. The first-order valence-electron chi connectivity index (χ1n) is 9.18. The molecule has 1 aromatic heterocycles. The molecule has 0 atom stereocenters. The number of likely N-dealkylation sites (tertiary alicyclic amines) is 1. The van der Waals surface area contributed by atoms with Crippen LogP contribution in [0.3, 0.4) is 0 Å². The molecule has 0 saturated carbocycles. The standard InChI is InChI=1S/C19H27N5O2/c1-13(2)26-17-6-4-16(5-7-17)24-14(3)18(21-22-24)19(25)23-10-8-15(12-20)9-11-23/h4-7,13,15H,8-12,20H2,1-3H3. The molecule has 140 valence electrons. The van der Waals surface area contributed by atoms with Gasteiger partial charge in [-0.05, 0) is 70.3 Å². The largest absolute Gasteiger partial charge is 0.491 e. The van der Waals surface area contributed by atoms with E-state index in [2.05, 4.69) is 10.3 Å². The first kappa shape index (κ1) is 18.4. The molecule has 1 amide bonds. The van der Waals surface area contributed by atoms with E-state index in [0.29, 0.717) is 18.2 Å². The Morgan fingerprint density at radius 2 is 1.92 bits per heavy atom. The summed E-state index contributed by atoms with van der Waals surface area (Å²) in [5.41, 5.74) is 7.74. The molecule has 2 heterocycles. The highest BCUT2D eigenvalue weighted by molar-refractivity contribution is 5.93. The number of rotatable bonds is 5. The smallest absolute Gasteiger partial charge is 0.276 e. The quantitative estimate of drug-likeness (QED) is 0.886. The second-order valence-electron chi connectivity index (χ2n) is 7.07. The Bertz CT molecular complexity index is 746. The number of ether oxygens (including phenoxy) is 1. The Morgan fingerprint density at radius 1 is 1.27 bits per heavy atom. The van der Waals surface area contributed by atoms with Gasteiger partial charge < -0.3 is 15.4 Å². The van der Waals surface area contributed by atoms with Gasteiger partial charge in [-0.1, -0.05) is 5.21 Å². The normalized spacial score (nSPS) is 15.5. The van der Waals surface area contributed by atoms with Crippen molar-refractivity contribution in [2.24, 2.45) is 11.7 Å². The molecule has 0 unspecified atom stereocenters. The van der Waals surface area contributed by atoms with Gasteiger partial charge in [-0.25, -0.2) is 4.68 Å². The van der Waals surface area contributed by atoms with Gasteiger partial charge in [-0.3, -0.25) is 4.79 Å². The maximum Gasteiger partial charge on any atom is 0.276 e. The van der Waals surface area contributed by atoms with E-state index in [0.717, 1.165) is 43.1 Å². The fourth-order valence-electron chi connectivity index (χ4n) is 3.23. The number of carbonyl (C=O) groups is 1. The highest BCUT2D eigenvalue weighted by Gasteiger charge is 2.26. The maximum atomic E-state index is 12.8. The van der Waals surface area contributed by atoms with Gasteiger partial charge in [0.25, 0.3) is 5.91 Å². The maximum absolute atomic E-state index is 12.8. The molecule has 7 nitrogen and oxygen atoms in total. The average Bonchev–Trinajstić information content (AvgIpc) is 3.03. The van der Waals surface area contributed by atoms with Gasteiger partial charge in [-0.2, -0.15) is 0 Å². The minimum absolute atomic E-state index is 0.0519. The Morgan fingerprint density at radius 3 is 2.50 bits per heavy atom. The lowest BCUT2D eigenvalue weighted by Crippen LogP contribution is -2.40. The molecule has 0 spiro atoms. The van der Waals surface area contributed by atoms with Crippen LogP contribution in [0, 0.1) is 12.8 Å². The second kappa shape index (κ2) is 7.86. The number of carbonyl (C=O) groups excluding carboxylic acids is 1. The zero-order valence-corrected chi connectivity index (χ0v) is 15.7. The van der Waals surface area contributed by atoms with E-state index in [1.165, 1.54) is 0 Å². The highest BCUT2D eigenvalue weighted by atomic mass is 16.5. The van der Waals surface area contributed by atoms with E-state index in [9.17, 15) is 4.79 Å². The van der Waals surface area contributed by atoms with Gasteiger partial charge in [-0.15, -0.1) is 5.10 Å². The third-order valence-electron chi connectivity index (χ3n) is 4.79. The van der Waals surface area contributed by atoms with Gasteiger partial charge in [0.1, 0.15) is 5.75 Å². The Kier molecular flexibility index (Phi) is 5.56. The molecule has 3 rings (SSSR count). The monoisotopic (exact) mass is 357 g/mol. The van der Waals surface area contributed by atoms with Crippen molar-refractivity contribution in [3.05, 3.63) is 35.7 Å². The molecule has 1 aliphatic heterocycles. The highest BCUT2D eigenvalue weighted by Crippen LogP contribution is 2.21. The van der Waals surface area contributed by atoms with Crippen molar-refractivity contribution in [1.29, 1.82) is 0 Å². The summed E-state index contributed by atoms with van der Waals surface area (Å²) in [4.78, 5) is 14.6. The molecule has 2 N–H and O–H groups in total. The number of benzene rings is 1. The molecule has 1 fully saturated rings. The third-order valence-corrected chi connectivity index (χ3v) is 4.79. The number of piperidine rings is 1. The summed E-state index contributed by atoms with van der Waals surface area (Å²) in [6, 6.07) is 7.63. The van der Waals surface area contributed by atoms with Crippen molar-refractivity contribution in [2.45, 2.75) is 39.7 Å². The summed E-state index contributed by atoms with van der Waals surface area (Å²) >= 11 is 0. The average molecular weight is 357 g/mol. The lowest BCUT2D eigenvalue weighted by molar-refractivity contribution is 0.0686. The molecule has 7 heteroatoms. The summed E-state index contributed by atoms with van der Waals surface area (Å²) in [5, 5.41) is 8.33. The summed E-state index contributed by atoms with van der Waals surface area (Å²) < 4.78 is 7.35. The first-order valence-corrected chi connectivity index (χ1v) is 9.18. The summed E-state index contributed by atoms with van der Waals surface area (Å²) in [6.07, 6.45) is 2.03. The fraction of sp³-hybridized carbons (Fsp3) is 0.526. The molecule has 1 aliphatic rings. The number of nitrogens with zero attached hydrogens (tertiary/aromatic N) is 4. The van der Waals surface area contributed by atoms with Gasteiger partial charge >= 0.3 is 0 Å². The minimum atomic E-state index is -0.0519. The zero-order chi connectivity index (χ0) is 18.7. The van der Waals surface area contributed by atoms with Crippen molar-refractivity contribution in [3.63, 3.8) is 0 Å². The number of aromatic nitrogens is 3. The van der Waals surface area contributed by atoms with Crippen LogP contribution < -0.4 is 10.5 Å². The lowest BCUT2D eigenvalue weighted by Gasteiger charge is -2.30. The fourth-order valence-corrected chi connectivity index (χ4v) is 3.23. The van der Waals surface area contributed by atoms with Gasteiger partial charge in [0.05, 0.1) is 17.5 Å². The molecule has 0 aliphatic carbocycles. The second-order valence-corrected chi connectivity index (χ2v) is 7.07. The van der Waals surface area contributed by atoms with Crippen LogP contribution in [-0.4, -0.2) is 51.5 Å². The number of hydrogen-bond donors (Lipinski definition) is 1. The number of nitrogens with two attached hydrogens (primary N) is 1. The van der Waals surface area contributed by atoms with E-state index in [4.69, 9.17) is 10.5 Å². The Balaban J connectivity index is 1.74. The van der Waals surface area contributed by atoms with Gasteiger partial charge in [0, 0.05) is 13.1 Å². The predicted octanol–water partition coefficient (Wildman–Crippen LogP) is 2.17. The van der Waals surface area contributed by atoms with Crippen LogP contribution in [0.25, 0.3) is 5.69 Å². The SMILES string of the molecule is Cc1c(C(=O)N2CCC(CN)CC2)nnn1-c1ccc(OC(C)C)cc1. The molecule has 26 heavy (non-hydrogen) atoms. The van der Waals surface area contributed by atoms with E-state index in [1.807, 2.05) is 49.9 Å². The van der Waals surface area contributed by atoms with Gasteiger partial charge in [0.15, 0.2) is 5.69 Å². The van der Waals surface area contributed by atoms with E-state index < -0.39 is 0 Å². The van der Waals surface area contributed by atoms with Crippen LogP contribution in [0.2, 0.25) is 0 Å². The van der Waals surface area contributed by atoms with E-state index in [-0.39, 0.29) is 12.0 Å². The van der Waals surface area contributed by atoms with Crippen molar-refractivity contribution in [1.82, 2.24) is 19.9 Å². The van der Waals surface area contributed by atoms with Crippen LogP contribution in [0.4, 0.5) is 0 Å². The van der Waals surface area contributed by atoms with Crippen molar-refractivity contribution >= 4 is 5.91 Å². The van der Waals surface area contributed by atoms with Crippen LogP contribution >= 0.6 is 0 Å². The molecule has 0 radical (unpaired) electrons. The lowest BCUT2D eigenvalue weighted by atomic mass is 9.97. The van der Waals surface area contributed by atoms with E-state index in [1.54, 1.807) is 4.68 Å². The predicted molar refractivity (Wildman–Crippen MR) is 99.5 cm³/mol. The summed E-state index contributed by atoms with van der Waals surface area (Å²) in [7, 11) is 0. The molecule has 2 aromatic rings. The minimum Gasteiger partial charge on any atom is -0.491 e.